The van der Waals surface area contributed by atoms with Crippen molar-refractivity contribution in [1.82, 2.24) is 4.90 Å². The molecule has 1 heterocycles. The second-order valence-corrected chi connectivity index (χ2v) is 5.26. The molecule has 0 saturated carbocycles. The van der Waals surface area contributed by atoms with Crippen molar-refractivity contribution in [2.45, 2.75) is 31.9 Å². The number of methoxy groups -OCH3 is 1. The van der Waals surface area contributed by atoms with Crippen molar-refractivity contribution >= 4 is 17.3 Å². The maximum Gasteiger partial charge on any atom is 0.241 e. The first-order valence-electron chi connectivity index (χ1n) is 7.03. The van der Waals surface area contributed by atoms with Crippen LogP contribution in [0, 0.1) is 0 Å². The molecule has 1 aromatic rings. The van der Waals surface area contributed by atoms with E-state index in [1.165, 1.54) is 0 Å². The summed E-state index contributed by atoms with van der Waals surface area (Å²) in [6.45, 7) is 3.74. The first-order chi connectivity index (χ1) is 9.60. The molecule has 1 aromatic carbocycles. The van der Waals surface area contributed by atoms with Crippen LogP contribution in [0.15, 0.2) is 24.3 Å². The average Bonchev–Trinajstić information content (AvgIpc) is 2.49. The molecule has 20 heavy (non-hydrogen) atoms. The van der Waals surface area contributed by atoms with Crippen LogP contribution in [0.5, 0.6) is 0 Å². The van der Waals surface area contributed by atoms with Gasteiger partial charge in [0.25, 0.3) is 0 Å². The number of rotatable bonds is 4. The Kier molecular flexibility index (Phi) is 4.98. The van der Waals surface area contributed by atoms with Crippen molar-refractivity contribution in [3.63, 3.8) is 0 Å². The van der Waals surface area contributed by atoms with Crippen LogP contribution >= 0.6 is 0 Å². The fourth-order valence-electron chi connectivity index (χ4n) is 2.48. The smallest absolute Gasteiger partial charge is 0.241 e. The van der Waals surface area contributed by atoms with E-state index in [9.17, 15) is 4.79 Å². The third kappa shape index (κ3) is 3.71. The molecule has 1 aliphatic heterocycles. The van der Waals surface area contributed by atoms with Gasteiger partial charge in [-0.1, -0.05) is 0 Å². The van der Waals surface area contributed by atoms with Gasteiger partial charge in [0, 0.05) is 31.6 Å². The molecule has 110 valence electrons. The summed E-state index contributed by atoms with van der Waals surface area (Å²) < 4.78 is 5.35. The van der Waals surface area contributed by atoms with Gasteiger partial charge in [-0.25, -0.2) is 0 Å². The molecule has 5 nitrogen and oxygen atoms in total. The lowest BCUT2D eigenvalue weighted by atomic mass is 10.1. The molecule has 1 saturated heterocycles. The maximum atomic E-state index is 12.2. The van der Waals surface area contributed by atoms with E-state index in [1.54, 1.807) is 19.2 Å². The number of carbonyl (C=O) groups is 1. The Morgan fingerprint density at radius 2 is 1.95 bits per heavy atom. The fraction of sp³-hybridized carbons (Fsp3) is 0.533. The molecule has 2 rings (SSSR count). The number of benzene rings is 1. The molecular formula is C15H23N3O2. The van der Waals surface area contributed by atoms with Crippen molar-refractivity contribution in [2.75, 3.05) is 31.2 Å². The van der Waals surface area contributed by atoms with E-state index in [1.807, 2.05) is 19.1 Å². The highest BCUT2D eigenvalue weighted by molar-refractivity contribution is 5.94. The molecule has 1 aliphatic rings. The quantitative estimate of drug-likeness (QED) is 0.822. The summed E-state index contributed by atoms with van der Waals surface area (Å²) in [6, 6.07) is 7.06. The topological polar surface area (TPSA) is 67.6 Å². The van der Waals surface area contributed by atoms with Crippen molar-refractivity contribution in [3.05, 3.63) is 24.3 Å². The minimum Gasteiger partial charge on any atom is -0.399 e. The predicted octanol–water partition coefficient (Wildman–Crippen LogP) is 1.71. The van der Waals surface area contributed by atoms with E-state index in [0.717, 1.165) is 31.6 Å². The number of carbonyl (C=O) groups excluding carboxylic acids is 1. The molecule has 0 aliphatic carbocycles. The number of hydrogen-bond acceptors (Lipinski definition) is 4. The number of ether oxygens (including phenoxy) is 1. The van der Waals surface area contributed by atoms with E-state index < -0.39 is 0 Å². The standard InChI is InChI=1S/C15H23N3O2/c1-11(18-9-7-14(20-2)8-10-18)15(19)17-13-5-3-12(16)4-6-13/h3-6,11,14H,7-10,16H2,1-2H3,(H,17,19). The van der Waals surface area contributed by atoms with Crippen molar-refractivity contribution in [2.24, 2.45) is 0 Å². The van der Waals surface area contributed by atoms with Crippen molar-refractivity contribution in [1.29, 1.82) is 0 Å². The monoisotopic (exact) mass is 277 g/mol. The zero-order chi connectivity index (χ0) is 14.5. The van der Waals surface area contributed by atoms with Crippen LogP contribution in [-0.4, -0.2) is 43.2 Å². The van der Waals surface area contributed by atoms with Crippen LogP contribution in [0.2, 0.25) is 0 Å². The number of piperidine rings is 1. The third-order valence-electron chi connectivity index (χ3n) is 3.92. The van der Waals surface area contributed by atoms with E-state index in [4.69, 9.17) is 10.5 Å². The first-order valence-corrected chi connectivity index (χ1v) is 7.03. The Balaban J connectivity index is 1.87. The average molecular weight is 277 g/mol. The van der Waals surface area contributed by atoms with Gasteiger partial charge in [0.2, 0.25) is 5.91 Å². The maximum absolute atomic E-state index is 12.2. The van der Waals surface area contributed by atoms with Crippen LogP contribution in [0.1, 0.15) is 19.8 Å². The third-order valence-corrected chi connectivity index (χ3v) is 3.92. The highest BCUT2D eigenvalue weighted by Gasteiger charge is 2.26. The van der Waals surface area contributed by atoms with Crippen molar-refractivity contribution in [3.8, 4) is 0 Å². The highest BCUT2D eigenvalue weighted by atomic mass is 16.5. The van der Waals surface area contributed by atoms with Crippen LogP contribution < -0.4 is 11.1 Å². The molecule has 1 fully saturated rings. The second-order valence-electron chi connectivity index (χ2n) is 5.26. The van der Waals surface area contributed by atoms with Crippen LogP contribution in [0.25, 0.3) is 0 Å². The molecular weight excluding hydrogens is 254 g/mol. The molecule has 1 amide bonds. The zero-order valence-electron chi connectivity index (χ0n) is 12.1. The van der Waals surface area contributed by atoms with Crippen LogP contribution in [0.4, 0.5) is 11.4 Å². The van der Waals surface area contributed by atoms with E-state index in [-0.39, 0.29) is 11.9 Å². The van der Waals surface area contributed by atoms with Gasteiger partial charge in [0.05, 0.1) is 12.1 Å². The number of likely N-dealkylation sites (tertiary alicyclic amines) is 1. The van der Waals surface area contributed by atoms with Crippen LogP contribution in [-0.2, 0) is 9.53 Å². The Hall–Kier alpha value is -1.59. The normalized spacial score (nSPS) is 18.7. The molecule has 1 unspecified atom stereocenters. The lowest BCUT2D eigenvalue weighted by Crippen LogP contribution is -2.47. The van der Waals surface area contributed by atoms with Gasteiger partial charge in [0.15, 0.2) is 0 Å². The van der Waals surface area contributed by atoms with Crippen LogP contribution in [0.3, 0.4) is 0 Å². The first kappa shape index (κ1) is 14.8. The number of anilines is 2. The van der Waals surface area contributed by atoms with Gasteiger partial charge in [-0.05, 0) is 44.0 Å². The summed E-state index contributed by atoms with van der Waals surface area (Å²) in [6.07, 6.45) is 2.30. The lowest BCUT2D eigenvalue weighted by Gasteiger charge is -2.34. The Bertz CT molecular complexity index is 439. The molecule has 1 atom stereocenters. The van der Waals surface area contributed by atoms with E-state index in [2.05, 4.69) is 10.2 Å². The number of nitrogens with zero attached hydrogens (tertiary/aromatic N) is 1. The Labute approximate surface area is 120 Å². The van der Waals surface area contributed by atoms with Gasteiger partial charge in [-0.2, -0.15) is 0 Å². The van der Waals surface area contributed by atoms with Gasteiger partial charge >= 0.3 is 0 Å². The minimum absolute atomic E-state index is 0.0191. The van der Waals surface area contributed by atoms with Crippen molar-refractivity contribution < 1.29 is 9.53 Å². The second kappa shape index (κ2) is 6.72. The van der Waals surface area contributed by atoms with E-state index >= 15 is 0 Å². The predicted molar refractivity (Wildman–Crippen MR) is 80.6 cm³/mol. The molecule has 0 aromatic heterocycles. The summed E-state index contributed by atoms with van der Waals surface area (Å²) in [5.74, 6) is 0.0191. The number of nitrogens with two attached hydrogens (primary N) is 1. The van der Waals surface area contributed by atoms with Gasteiger partial charge < -0.3 is 15.8 Å². The zero-order valence-corrected chi connectivity index (χ0v) is 12.1. The minimum atomic E-state index is -0.134. The number of hydrogen-bond donors (Lipinski definition) is 2. The fourth-order valence-corrected chi connectivity index (χ4v) is 2.48. The molecule has 0 radical (unpaired) electrons. The lowest BCUT2D eigenvalue weighted by molar-refractivity contribution is -0.121. The SMILES string of the molecule is COC1CCN(C(C)C(=O)Nc2ccc(N)cc2)CC1. The molecule has 3 N–H and O–H groups in total. The summed E-state index contributed by atoms with van der Waals surface area (Å²) in [5.41, 5.74) is 7.10. The number of nitrogens with one attached hydrogen (secondary N) is 1. The summed E-state index contributed by atoms with van der Waals surface area (Å²) in [7, 11) is 1.75. The van der Waals surface area contributed by atoms with Gasteiger partial charge in [-0.15, -0.1) is 0 Å². The number of nitrogen functional groups attached to an aromatic ring is 1. The number of amides is 1. The summed E-state index contributed by atoms with van der Waals surface area (Å²) >= 11 is 0. The molecule has 0 bridgehead atoms. The molecule has 5 heteroatoms. The van der Waals surface area contributed by atoms with Gasteiger partial charge in [-0.3, -0.25) is 9.69 Å². The Morgan fingerprint density at radius 3 is 2.50 bits per heavy atom. The molecule has 0 spiro atoms. The highest BCUT2D eigenvalue weighted by Crippen LogP contribution is 2.17. The summed E-state index contributed by atoms with van der Waals surface area (Å²) in [5, 5.41) is 2.92. The van der Waals surface area contributed by atoms with Gasteiger partial charge in [0.1, 0.15) is 0 Å². The largest absolute Gasteiger partial charge is 0.399 e. The Morgan fingerprint density at radius 1 is 1.35 bits per heavy atom. The van der Waals surface area contributed by atoms with E-state index in [0.29, 0.717) is 11.8 Å². The summed E-state index contributed by atoms with van der Waals surface area (Å²) in [4.78, 5) is 14.4.